The Labute approximate surface area is 107 Å². The molecule has 0 aromatic heterocycles. The van der Waals surface area contributed by atoms with E-state index in [-0.39, 0.29) is 11.5 Å². The van der Waals surface area contributed by atoms with Gasteiger partial charge in [-0.15, -0.1) is 0 Å². The second kappa shape index (κ2) is 5.96. The lowest BCUT2D eigenvalue weighted by Crippen LogP contribution is -2.56. The van der Waals surface area contributed by atoms with E-state index in [1.807, 2.05) is 20.1 Å². The highest BCUT2D eigenvalue weighted by molar-refractivity contribution is 5.68. The topological polar surface area (TPSA) is 35.8 Å². The van der Waals surface area contributed by atoms with E-state index in [4.69, 9.17) is 0 Å². The van der Waals surface area contributed by atoms with Crippen LogP contribution in [0.4, 0.5) is 0 Å². The van der Waals surface area contributed by atoms with Crippen molar-refractivity contribution in [2.75, 3.05) is 14.1 Å². The van der Waals surface area contributed by atoms with Crippen molar-refractivity contribution < 1.29 is 5.11 Å². The minimum absolute atomic E-state index is 0.223. The van der Waals surface area contributed by atoms with Crippen LogP contribution in [0.3, 0.4) is 0 Å². The van der Waals surface area contributed by atoms with Gasteiger partial charge in [0.1, 0.15) is 0 Å². The largest absolute Gasteiger partial charge is 0.389 e. The van der Waals surface area contributed by atoms with Crippen molar-refractivity contribution in [3.05, 3.63) is 0 Å². The van der Waals surface area contributed by atoms with Gasteiger partial charge in [0.15, 0.2) is 0 Å². The summed E-state index contributed by atoms with van der Waals surface area (Å²) in [7, 11) is 3.88. The molecule has 0 heterocycles. The van der Waals surface area contributed by atoms with Crippen LogP contribution in [0.2, 0.25) is 0 Å². The van der Waals surface area contributed by atoms with Crippen molar-refractivity contribution in [2.45, 2.75) is 65.6 Å². The molecule has 0 aliphatic heterocycles. The lowest BCUT2D eigenvalue weighted by atomic mass is 9.70. The molecule has 0 rings (SSSR count). The SMILES string of the molecule is CCC(C)N(C)C(C)[C@](C)(/C=N/C)C(C)(C)O. The molecule has 1 N–H and O–H groups in total. The van der Waals surface area contributed by atoms with Crippen LogP contribution >= 0.6 is 0 Å². The van der Waals surface area contributed by atoms with Crippen LogP contribution in [0.15, 0.2) is 4.99 Å². The highest BCUT2D eigenvalue weighted by Crippen LogP contribution is 2.36. The van der Waals surface area contributed by atoms with Gasteiger partial charge in [0.25, 0.3) is 0 Å². The molecular weight excluding hydrogens is 212 g/mol. The van der Waals surface area contributed by atoms with Crippen LogP contribution < -0.4 is 0 Å². The normalized spacial score (nSPS) is 20.6. The summed E-state index contributed by atoms with van der Waals surface area (Å²) in [5, 5.41) is 10.4. The van der Waals surface area contributed by atoms with E-state index < -0.39 is 5.60 Å². The van der Waals surface area contributed by atoms with E-state index in [2.05, 4.69) is 44.6 Å². The first-order valence-corrected chi connectivity index (χ1v) is 6.49. The lowest BCUT2D eigenvalue weighted by Gasteiger charge is -2.47. The number of aliphatic imine (C=N–C) groups is 1. The summed E-state index contributed by atoms with van der Waals surface area (Å²) < 4.78 is 0. The van der Waals surface area contributed by atoms with Gasteiger partial charge < -0.3 is 15.0 Å². The molecule has 3 heteroatoms. The van der Waals surface area contributed by atoms with Crippen LogP contribution in [0, 0.1) is 5.41 Å². The number of hydrogen-bond acceptors (Lipinski definition) is 3. The first-order valence-electron chi connectivity index (χ1n) is 6.49. The lowest BCUT2D eigenvalue weighted by molar-refractivity contribution is -0.0488. The zero-order valence-corrected chi connectivity index (χ0v) is 12.8. The molecule has 3 atom stereocenters. The molecule has 0 aliphatic rings. The third kappa shape index (κ3) is 3.52. The quantitative estimate of drug-likeness (QED) is 0.727. The minimum Gasteiger partial charge on any atom is -0.389 e. The predicted molar refractivity (Wildman–Crippen MR) is 75.8 cm³/mol. The van der Waals surface area contributed by atoms with E-state index in [1.165, 1.54) is 0 Å². The zero-order valence-electron chi connectivity index (χ0n) is 12.8. The number of rotatable bonds is 6. The molecular formula is C14H30N2O. The fourth-order valence-corrected chi connectivity index (χ4v) is 2.14. The van der Waals surface area contributed by atoms with Crippen LogP contribution in [0.5, 0.6) is 0 Å². The molecule has 3 nitrogen and oxygen atoms in total. The standard InChI is InChI=1S/C14H30N2O/c1-9-11(2)16(8)12(3)14(6,10-15-7)13(4,5)17/h10-12,17H,9H2,1-8H3/b15-10+/t11?,12?,14-/m0/s1. The van der Waals surface area contributed by atoms with Crippen molar-refractivity contribution in [3.63, 3.8) is 0 Å². The molecule has 0 aliphatic carbocycles. The maximum Gasteiger partial charge on any atom is 0.0709 e. The third-order valence-corrected chi connectivity index (χ3v) is 4.48. The van der Waals surface area contributed by atoms with Crippen molar-refractivity contribution in [1.29, 1.82) is 0 Å². The molecule has 17 heavy (non-hydrogen) atoms. The van der Waals surface area contributed by atoms with Gasteiger partial charge in [-0.1, -0.05) is 13.8 Å². The molecule has 102 valence electrons. The van der Waals surface area contributed by atoms with E-state index in [1.54, 1.807) is 7.05 Å². The third-order valence-electron chi connectivity index (χ3n) is 4.48. The van der Waals surface area contributed by atoms with Gasteiger partial charge in [0.05, 0.1) is 5.60 Å². The monoisotopic (exact) mass is 242 g/mol. The van der Waals surface area contributed by atoms with E-state index in [0.717, 1.165) is 6.42 Å². The van der Waals surface area contributed by atoms with Crippen molar-refractivity contribution in [3.8, 4) is 0 Å². The Kier molecular flexibility index (Phi) is 5.82. The van der Waals surface area contributed by atoms with Gasteiger partial charge in [-0.2, -0.15) is 0 Å². The molecule has 0 saturated carbocycles. The smallest absolute Gasteiger partial charge is 0.0709 e. The summed E-state index contributed by atoms with van der Waals surface area (Å²) in [6, 6.07) is 0.720. The summed E-state index contributed by atoms with van der Waals surface area (Å²) in [6.07, 6.45) is 2.99. The van der Waals surface area contributed by atoms with Crippen molar-refractivity contribution >= 4 is 6.21 Å². The van der Waals surface area contributed by atoms with Gasteiger partial charge in [0, 0.05) is 30.8 Å². The van der Waals surface area contributed by atoms with Gasteiger partial charge in [-0.05, 0) is 41.2 Å². The van der Waals surface area contributed by atoms with Gasteiger partial charge in [-0.25, -0.2) is 0 Å². The van der Waals surface area contributed by atoms with E-state index in [0.29, 0.717) is 6.04 Å². The molecule has 0 aromatic rings. The average molecular weight is 242 g/mol. The summed E-state index contributed by atoms with van der Waals surface area (Å²) in [5.74, 6) is 0. The molecule has 0 fully saturated rings. The molecule has 0 aromatic carbocycles. The Morgan fingerprint density at radius 1 is 1.29 bits per heavy atom. The minimum atomic E-state index is -0.798. The van der Waals surface area contributed by atoms with Crippen LogP contribution in [0.25, 0.3) is 0 Å². The number of aliphatic hydroxyl groups is 1. The average Bonchev–Trinajstić information content (AvgIpc) is 2.24. The Morgan fingerprint density at radius 3 is 2.06 bits per heavy atom. The Balaban J connectivity index is 5.22. The van der Waals surface area contributed by atoms with Crippen LogP contribution in [-0.4, -0.2) is 48.0 Å². The maximum atomic E-state index is 10.4. The van der Waals surface area contributed by atoms with E-state index >= 15 is 0 Å². The number of hydrogen-bond donors (Lipinski definition) is 1. The summed E-state index contributed by atoms with van der Waals surface area (Å²) >= 11 is 0. The first-order chi connectivity index (χ1) is 7.61. The molecule has 0 spiro atoms. The van der Waals surface area contributed by atoms with Crippen molar-refractivity contribution in [2.24, 2.45) is 10.4 Å². The van der Waals surface area contributed by atoms with Gasteiger partial charge >= 0.3 is 0 Å². The zero-order chi connectivity index (χ0) is 13.9. The Morgan fingerprint density at radius 2 is 1.76 bits per heavy atom. The summed E-state index contributed by atoms with van der Waals surface area (Å²) in [4.78, 5) is 6.47. The predicted octanol–water partition coefficient (Wildman–Crippen LogP) is 2.58. The van der Waals surface area contributed by atoms with Gasteiger partial charge in [-0.3, -0.25) is 0 Å². The second-order valence-electron chi connectivity index (χ2n) is 5.83. The fourth-order valence-electron chi connectivity index (χ4n) is 2.14. The van der Waals surface area contributed by atoms with Crippen LogP contribution in [0.1, 0.15) is 48.0 Å². The van der Waals surface area contributed by atoms with E-state index in [9.17, 15) is 5.11 Å². The summed E-state index contributed by atoms with van der Waals surface area (Å²) in [6.45, 7) is 12.3. The number of nitrogens with zero attached hydrogens (tertiary/aromatic N) is 2. The highest BCUT2D eigenvalue weighted by atomic mass is 16.3. The fraction of sp³-hybridized carbons (Fsp3) is 0.929. The molecule has 0 bridgehead atoms. The van der Waals surface area contributed by atoms with Crippen LogP contribution in [-0.2, 0) is 0 Å². The Bertz CT molecular complexity index is 257. The highest BCUT2D eigenvalue weighted by Gasteiger charge is 2.44. The Hall–Kier alpha value is -0.410. The summed E-state index contributed by atoms with van der Waals surface area (Å²) in [5.41, 5.74) is -1.16. The second-order valence-corrected chi connectivity index (χ2v) is 5.83. The molecule has 0 saturated heterocycles. The molecule has 0 amide bonds. The first kappa shape index (κ1) is 16.6. The molecule has 0 radical (unpaired) electrons. The van der Waals surface area contributed by atoms with Crippen molar-refractivity contribution in [1.82, 2.24) is 4.90 Å². The van der Waals surface area contributed by atoms with Gasteiger partial charge in [0.2, 0.25) is 0 Å². The molecule has 2 unspecified atom stereocenters. The maximum absolute atomic E-state index is 10.4.